The number of aryl methyl sites for hydroxylation is 1. The topological polar surface area (TPSA) is 63.6 Å². The third-order valence-electron chi connectivity index (χ3n) is 5.02. The summed E-state index contributed by atoms with van der Waals surface area (Å²) < 4.78 is 25.8. The molecule has 0 aliphatic carbocycles. The Bertz CT molecular complexity index is 987. The molecule has 0 spiro atoms. The Balaban J connectivity index is 1.58. The molecule has 1 aromatic heterocycles. The number of nitrogens with zero attached hydrogens (tertiary/aromatic N) is 1. The SMILES string of the molecule is Cc1ccc(Oc2ccnc3cc(OCC4CCNCC4)c(O)cc23)c(F)c1. The van der Waals surface area contributed by atoms with Gasteiger partial charge in [-0.15, -0.1) is 0 Å². The van der Waals surface area contributed by atoms with E-state index in [9.17, 15) is 9.50 Å². The Morgan fingerprint density at radius 2 is 1.93 bits per heavy atom. The molecule has 3 aromatic rings. The maximum Gasteiger partial charge on any atom is 0.165 e. The predicted octanol–water partition coefficient (Wildman–Crippen LogP) is 4.56. The monoisotopic (exact) mass is 382 g/mol. The average molecular weight is 382 g/mol. The third-order valence-corrected chi connectivity index (χ3v) is 5.02. The van der Waals surface area contributed by atoms with Crippen molar-refractivity contribution >= 4 is 10.9 Å². The highest BCUT2D eigenvalue weighted by Crippen LogP contribution is 2.37. The van der Waals surface area contributed by atoms with Gasteiger partial charge < -0.3 is 19.9 Å². The first kappa shape index (κ1) is 18.5. The summed E-state index contributed by atoms with van der Waals surface area (Å²) in [5.41, 5.74) is 1.43. The van der Waals surface area contributed by atoms with Crippen molar-refractivity contribution in [3.05, 3.63) is 54.0 Å². The van der Waals surface area contributed by atoms with Gasteiger partial charge >= 0.3 is 0 Å². The van der Waals surface area contributed by atoms with E-state index in [-0.39, 0.29) is 11.5 Å². The highest BCUT2D eigenvalue weighted by molar-refractivity contribution is 5.88. The minimum Gasteiger partial charge on any atom is -0.504 e. The van der Waals surface area contributed by atoms with Gasteiger partial charge in [0.2, 0.25) is 0 Å². The molecule has 2 aromatic carbocycles. The van der Waals surface area contributed by atoms with Gasteiger partial charge in [0.15, 0.2) is 23.1 Å². The molecule has 1 aliphatic heterocycles. The summed E-state index contributed by atoms with van der Waals surface area (Å²) in [7, 11) is 0. The van der Waals surface area contributed by atoms with Crippen LogP contribution in [0.5, 0.6) is 23.0 Å². The highest BCUT2D eigenvalue weighted by atomic mass is 19.1. The first-order valence-electron chi connectivity index (χ1n) is 9.49. The number of benzene rings is 2. The maximum absolute atomic E-state index is 14.1. The molecule has 146 valence electrons. The Morgan fingerprint density at radius 1 is 1.11 bits per heavy atom. The van der Waals surface area contributed by atoms with Crippen molar-refractivity contribution in [2.24, 2.45) is 5.92 Å². The number of phenolic OH excluding ortho intramolecular Hbond substituents is 1. The molecule has 0 amide bonds. The summed E-state index contributed by atoms with van der Waals surface area (Å²) in [5.74, 6) is 1.01. The van der Waals surface area contributed by atoms with Gasteiger partial charge in [-0.25, -0.2) is 4.39 Å². The number of phenols is 1. The van der Waals surface area contributed by atoms with Crippen LogP contribution in [0.2, 0.25) is 0 Å². The van der Waals surface area contributed by atoms with E-state index in [1.165, 1.54) is 6.07 Å². The molecular formula is C22H23FN2O3. The van der Waals surface area contributed by atoms with E-state index in [1.54, 1.807) is 36.5 Å². The fourth-order valence-corrected chi connectivity index (χ4v) is 3.40. The number of pyridine rings is 1. The molecular weight excluding hydrogens is 359 g/mol. The number of piperidine rings is 1. The van der Waals surface area contributed by atoms with Crippen molar-refractivity contribution in [2.75, 3.05) is 19.7 Å². The summed E-state index contributed by atoms with van der Waals surface area (Å²) in [6, 6.07) is 9.70. The quantitative estimate of drug-likeness (QED) is 0.677. The van der Waals surface area contributed by atoms with Crippen LogP contribution in [0.15, 0.2) is 42.6 Å². The van der Waals surface area contributed by atoms with Crippen LogP contribution in [-0.4, -0.2) is 29.8 Å². The summed E-state index contributed by atoms with van der Waals surface area (Å²) >= 11 is 0. The van der Waals surface area contributed by atoms with Crippen LogP contribution in [0, 0.1) is 18.7 Å². The molecule has 4 rings (SSSR count). The van der Waals surface area contributed by atoms with Gasteiger partial charge in [-0.05, 0) is 68.6 Å². The Labute approximate surface area is 163 Å². The second kappa shape index (κ2) is 8.02. The normalized spacial score (nSPS) is 14.9. The number of rotatable bonds is 5. The summed E-state index contributed by atoms with van der Waals surface area (Å²) in [6.07, 6.45) is 3.72. The molecule has 1 saturated heterocycles. The van der Waals surface area contributed by atoms with E-state index in [4.69, 9.17) is 9.47 Å². The van der Waals surface area contributed by atoms with Gasteiger partial charge in [0.1, 0.15) is 5.75 Å². The lowest BCUT2D eigenvalue weighted by Gasteiger charge is -2.23. The van der Waals surface area contributed by atoms with E-state index < -0.39 is 5.82 Å². The van der Waals surface area contributed by atoms with E-state index in [2.05, 4.69) is 10.3 Å². The first-order valence-corrected chi connectivity index (χ1v) is 9.49. The Kier molecular flexibility index (Phi) is 5.30. The number of halogens is 1. The molecule has 0 saturated carbocycles. The van der Waals surface area contributed by atoms with Crippen molar-refractivity contribution in [1.29, 1.82) is 0 Å². The summed E-state index contributed by atoms with van der Waals surface area (Å²) in [4.78, 5) is 4.34. The van der Waals surface area contributed by atoms with E-state index in [0.717, 1.165) is 31.5 Å². The number of aromatic nitrogens is 1. The first-order chi connectivity index (χ1) is 13.6. The van der Waals surface area contributed by atoms with Crippen LogP contribution >= 0.6 is 0 Å². The molecule has 0 radical (unpaired) electrons. The van der Waals surface area contributed by atoms with Crippen molar-refractivity contribution in [2.45, 2.75) is 19.8 Å². The molecule has 0 bridgehead atoms. The summed E-state index contributed by atoms with van der Waals surface area (Å²) in [5, 5.41) is 14.3. The van der Waals surface area contributed by atoms with Gasteiger partial charge in [0, 0.05) is 17.6 Å². The zero-order valence-electron chi connectivity index (χ0n) is 15.7. The van der Waals surface area contributed by atoms with E-state index >= 15 is 0 Å². The second-order valence-electron chi connectivity index (χ2n) is 7.19. The van der Waals surface area contributed by atoms with Crippen LogP contribution in [0.1, 0.15) is 18.4 Å². The van der Waals surface area contributed by atoms with Crippen molar-refractivity contribution in [3.8, 4) is 23.0 Å². The number of hydrogen-bond acceptors (Lipinski definition) is 5. The number of ether oxygens (including phenoxy) is 2. The Morgan fingerprint density at radius 3 is 2.71 bits per heavy atom. The molecule has 6 heteroatoms. The van der Waals surface area contributed by atoms with Crippen molar-refractivity contribution in [1.82, 2.24) is 10.3 Å². The average Bonchev–Trinajstić information content (AvgIpc) is 2.70. The molecule has 2 heterocycles. The van der Waals surface area contributed by atoms with Crippen LogP contribution in [0.4, 0.5) is 4.39 Å². The van der Waals surface area contributed by atoms with Gasteiger partial charge in [-0.3, -0.25) is 4.98 Å². The molecule has 0 unspecified atom stereocenters. The fourth-order valence-electron chi connectivity index (χ4n) is 3.40. The van der Waals surface area contributed by atoms with Gasteiger partial charge in [0.25, 0.3) is 0 Å². The molecule has 2 N–H and O–H groups in total. The molecule has 5 nitrogen and oxygen atoms in total. The van der Waals surface area contributed by atoms with Gasteiger partial charge in [0.05, 0.1) is 12.1 Å². The molecule has 1 fully saturated rings. The fraction of sp³-hybridized carbons (Fsp3) is 0.318. The largest absolute Gasteiger partial charge is 0.504 e. The lowest BCUT2D eigenvalue weighted by molar-refractivity contribution is 0.209. The van der Waals surface area contributed by atoms with Crippen LogP contribution < -0.4 is 14.8 Å². The number of aromatic hydroxyl groups is 1. The zero-order valence-corrected chi connectivity index (χ0v) is 15.7. The summed E-state index contributed by atoms with van der Waals surface area (Å²) in [6.45, 7) is 4.37. The van der Waals surface area contributed by atoms with Crippen LogP contribution in [-0.2, 0) is 0 Å². The molecule has 0 atom stereocenters. The lowest BCUT2D eigenvalue weighted by Crippen LogP contribution is -2.30. The van der Waals surface area contributed by atoms with Gasteiger partial charge in [-0.2, -0.15) is 0 Å². The lowest BCUT2D eigenvalue weighted by atomic mass is 9.99. The number of fused-ring (bicyclic) bond motifs is 1. The Hall–Kier alpha value is -2.86. The van der Waals surface area contributed by atoms with Crippen LogP contribution in [0.3, 0.4) is 0 Å². The van der Waals surface area contributed by atoms with Crippen molar-refractivity contribution in [3.63, 3.8) is 0 Å². The predicted molar refractivity (Wildman–Crippen MR) is 106 cm³/mol. The number of nitrogens with one attached hydrogen (secondary N) is 1. The molecule has 28 heavy (non-hydrogen) atoms. The highest BCUT2D eigenvalue weighted by Gasteiger charge is 2.16. The second-order valence-corrected chi connectivity index (χ2v) is 7.19. The van der Waals surface area contributed by atoms with Gasteiger partial charge in [-0.1, -0.05) is 6.07 Å². The zero-order chi connectivity index (χ0) is 19.5. The maximum atomic E-state index is 14.1. The minimum atomic E-state index is -0.434. The third kappa shape index (κ3) is 4.02. The standard InChI is InChI=1S/C22H23FN2O3/c1-14-2-3-21(17(23)10-14)28-20-6-9-25-18-12-22(19(26)11-16(18)20)27-13-15-4-7-24-8-5-15/h2-3,6,9-12,15,24,26H,4-5,7-8,13H2,1H3. The van der Waals surface area contributed by atoms with Crippen LogP contribution in [0.25, 0.3) is 10.9 Å². The smallest absolute Gasteiger partial charge is 0.165 e. The molecule has 1 aliphatic rings. The van der Waals surface area contributed by atoms with E-state index in [0.29, 0.717) is 34.9 Å². The van der Waals surface area contributed by atoms with Crippen molar-refractivity contribution < 1.29 is 19.0 Å². The minimum absolute atomic E-state index is 0.0173. The number of hydrogen-bond donors (Lipinski definition) is 2. The van der Waals surface area contributed by atoms with E-state index in [1.807, 2.05) is 6.92 Å².